The summed E-state index contributed by atoms with van der Waals surface area (Å²) in [6.45, 7) is 8.92. The van der Waals surface area contributed by atoms with Crippen molar-refractivity contribution in [3.05, 3.63) is 28.5 Å². The predicted octanol–water partition coefficient (Wildman–Crippen LogP) is 4.49. The summed E-state index contributed by atoms with van der Waals surface area (Å²) in [5.74, 6) is -3.45. The molecule has 0 bridgehead atoms. The van der Waals surface area contributed by atoms with Crippen molar-refractivity contribution in [2.75, 3.05) is 25.0 Å². The molecule has 4 rings (SSSR count). The maximum atomic E-state index is 14.1. The number of likely N-dealkylation sites (tertiary alicyclic amines) is 1. The minimum Gasteiger partial charge on any atom is -0.389 e. The maximum Gasteiger partial charge on any atom is 0.280 e. The Morgan fingerprint density at radius 1 is 1.32 bits per heavy atom. The number of hydrogen-bond donors (Lipinski definition) is 3. The van der Waals surface area contributed by atoms with Crippen LogP contribution in [-0.2, 0) is 0 Å². The number of hydrogen-bond acceptors (Lipinski definition) is 7. The molecule has 1 aliphatic heterocycles. The summed E-state index contributed by atoms with van der Waals surface area (Å²) in [6.07, 6.45) is 4.80. The van der Waals surface area contributed by atoms with Crippen LogP contribution in [0, 0.1) is 12.3 Å². The molecule has 0 unspecified atom stereocenters. The number of pyridine rings is 1. The Labute approximate surface area is 219 Å². The van der Waals surface area contributed by atoms with Crippen molar-refractivity contribution in [3.8, 4) is 10.4 Å². The van der Waals surface area contributed by atoms with Crippen LogP contribution < -0.4 is 10.6 Å². The van der Waals surface area contributed by atoms with Gasteiger partial charge in [0.1, 0.15) is 11.5 Å². The maximum absolute atomic E-state index is 14.1. The van der Waals surface area contributed by atoms with E-state index in [1.54, 1.807) is 27.0 Å². The van der Waals surface area contributed by atoms with Gasteiger partial charge in [0.25, 0.3) is 17.7 Å². The molecule has 2 amide bonds. The van der Waals surface area contributed by atoms with Gasteiger partial charge in [0.15, 0.2) is 5.01 Å². The van der Waals surface area contributed by atoms with Crippen LogP contribution in [0.3, 0.4) is 0 Å². The lowest BCUT2D eigenvalue weighted by atomic mass is 9.70. The Morgan fingerprint density at radius 3 is 2.57 bits per heavy atom. The number of carbonyl (C=O) groups excluding carboxylic acids is 2. The van der Waals surface area contributed by atoms with E-state index in [1.165, 1.54) is 19.3 Å². The molecule has 2 aromatic rings. The highest BCUT2D eigenvalue weighted by Crippen LogP contribution is 2.41. The molecule has 0 spiro atoms. The van der Waals surface area contributed by atoms with Crippen LogP contribution in [0.1, 0.15) is 79.2 Å². The van der Waals surface area contributed by atoms with Gasteiger partial charge in [-0.05, 0) is 57.6 Å². The van der Waals surface area contributed by atoms with Crippen LogP contribution >= 0.6 is 11.3 Å². The van der Waals surface area contributed by atoms with Crippen molar-refractivity contribution in [2.24, 2.45) is 5.41 Å². The Bertz CT molecular complexity index is 1190. The second kappa shape index (κ2) is 9.90. The Balaban J connectivity index is 1.65. The molecule has 202 valence electrons. The van der Waals surface area contributed by atoms with Gasteiger partial charge in [0.2, 0.25) is 0 Å². The molecule has 2 aromatic heterocycles. The van der Waals surface area contributed by atoms with Gasteiger partial charge in [-0.3, -0.25) is 9.59 Å². The summed E-state index contributed by atoms with van der Waals surface area (Å²) >= 11 is 1.01. The minimum atomic E-state index is -2.97. The Kier molecular flexibility index (Phi) is 7.33. The molecule has 1 atom stereocenters. The van der Waals surface area contributed by atoms with E-state index < -0.39 is 42.3 Å². The first kappa shape index (κ1) is 27.4. The van der Waals surface area contributed by atoms with E-state index in [9.17, 15) is 23.5 Å². The number of nitrogens with one attached hydrogen (secondary N) is 2. The number of aliphatic hydroxyl groups is 1. The first-order valence-electron chi connectivity index (χ1n) is 12.6. The van der Waals surface area contributed by atoms with Gasteiger partial charge < -0.3 is 20.6 Å². The summed E-state index contributed by atoms with van der Waals surface area (Å²) in [5.41, 5.74) is 0.519. The van der Waals surface area contributed by atoms with E-state index in [1.807, 2.05) is 13.0 Å². The van der Waals surface area contributed by atoms with Crippen molar-refractivity contribution in [2.45, 2.75) is 77.9 Å². The molecule has 0 radical (unpaired) electrons. The van der Waals surface area contributed by atoms with Gasteiger partial charge in [0, 0.05) is 37.3 Å². The van der Waals surface area contributed by atoms with Crippen molar-refractivity contribution < 1.29 is 23.5 Å². The van der Waals surface area contributed by atoms with Crippen LogP contribution in [0.25, 0.3) is 10.4 Å². The highest BCUT2D eigenvalue weighted by atomic mass is 32.1. The van der Waals surface area contributed by atoms with Gasteiger partial charge >= 0.3 is 0 Å². The average molecular weight is 536 g/mol. The van der Waals surface area contributed by atoms with Crippen molar-refractivity contribution >= 4 is 29.0 Å². The fourth-order valence-electron chi connectivity index (χ4n) is 4.69. The fourth-order valence-corrected chi connectivity index (χ4v) is 5.74. The second-order valence-corrected chi connectivity index (χ2v) is 12.4. The number of aromatic nitrogens is 2. The molecule has 1 aliphatic carbocycles. The largest absolute Gasteiger partial charge is 0.389 e. The molecule has 0 aromatic carbocycles. The van der Waals surface area contributed by atoms with E-state index in [2.05, 4.69) is 27.5 Å². The number of thiazole rings is 1. The normalized spacial score (nSPS) is 20.4. The van der Waals surface area contributed by atoms with Gasteiger partial charge in [-0.2, -0.15) is 0 Å². The molecule has 1 saturated carbocycles. The SMILES string of the molecule is Cc1cc(NCC2(C)CCC2)ncc1-c1sc(C(=O)NCC(C)(C)O)nc1C(=O)N1CC(F)(F)C[C@@H]1C. The van der Waals surface area contributed by atoms with Gasteiger partial charge in [-0.25, -0.2) is 18.7 Å². The van der Waals surface area contributed by atoms with E-state index in [0.29, 0.717) is 16.3 Å². The van der Waals surface area contributed by atoms with Gasteiger partial charge in [-0.15, -0.1) is 11.3 Å². The van der Waals surface area contributed by atoms with Crippen LogP contribution in [0.4, 0.5) is 14.6 Å². The van der Waals surface area contributed by atoms with E-state index in [-0.39, 0.29) is 22.7 Å². The molecule has 3 N–H and O–H groups in total. The highest BCUT2D eigenvalue weighted by Gasteiger charge is 2.46. The zero-order valence-electron chi connectivity index (χ0n) is 22.0. The van der Waals surface area contributed by atoms with Crippen molar-refractivity contribution in [1.29, 1.82) is 0 Å². The number of anilines is 1. The minimum absolute atomic E-state index is 0.0146. The fraction of sp³-hybridized carbons (Fsp3) is 0.615. The third kappa shape index (κ3) is 6.26. The van der Waals surface area contributed by atoms with Crippen LogP contribution in [0.15, 0.2) is 12.3 Å². The van der Waals surface area contributed by atoms with Crippen LogP contribution in [0.2, 0.25) is 0 Å². The number of rotatable bonds is 8. The lowest BCUT2D eigenvalue weighted by Gasteiger charge is -2.38. The number of nitrogens with zero attached hydrogens (tertiary/aromatic N) is 3. The smallest absolute Gasteiger partial charge is 0.280 e. The Morgan fingerprint density at radius 2 is 2.03 bits per heavy atom. The average Bonchev–Trinajstić information content (AvgIpc) is 3.34. The number of carbonyl (C=O) groups is 2. The summed E-state index contributed by atoms with van der Waals surface area (Å²) in [4.78, 5) is 36.6. The van der Waals surface area contributed by atoms with Gasteiger partial charge in [0.05, 0.1) is 17.0 Å². The van der Waals surface area contributed by atoms with E-state index >= 15 is 0 Å². The standard InChI is InChI=1S/C26H35F2N5O3S/c1-15-9-18(30-13-25(5)7-6-8-25)29-11-17(15)20-19(23(35)33-14-26(27,28)10-16(33)2)32-22(37-20)21(34)31-12-24(3,4)36/h9,11,16,36H,6-8,10,12-14H2,1-5H3,(H,29,30)(H,31,34)/t16-/m0/s1. The molecular formula is C26H35F2N5O3S. The molecule has 3 heterocycles. The molecule has 37 heavy (non-hydrogen) atoms. The third-order valence-corrected chi connectivity index (χ3v) is 8.19. The van der Waals surface area contributed by atoms with E-state index in [0.717, 1.165) is 28.3 Å². The highest BCUT2D eigenvalue weighted by molar-refractivity contribution is 7.17. The van der Waals surface area contributed by atoms with Crippen LogP contribution in [0.5, 0.6) is 0 Å². The summed E-state index contributed by atoms with van der Waals surface area (Å²) in [6, 6.07) is 1.22. The molecule has 11 heteroatoms. The second-order valence-electron chi connectivity index (χ2n) is 11.4. The monoisotopic (exact) mass is 535 g/mol. The summed E-state index contributed by atoms with van der Waals surface area (Å²) < 4.78 is 28.1. The van der Waals surface area contributed by atoms with Crippen molar-refractivity contribution in [3.63, 3.8) is 0 Å². The van der Waals surface area contributed by atoms with Gasteiger partial charge in [-0.1, -0.05) is 13.3 Å². The lowest BCUT2D eigenvalue weighted by molar-refractivity contribution is 0.0118. The lowest BCUT2D eigenvalue weighted by Crippen LogP contribution is -2.38. The predicted molar refractivity (Wildman–Crippen MR) is 139 cm³/mol. The number of alkyl halides is 2. The Hall–Kier alpha value is -2.66. The quantitative estimate of drug-likeness (QED) is 0.460. The molecular weight excluding hydrogens is 500 g/mol. The topological polar surface area (TPSA) is 107 Å². The molecule has 8 nitrogen and oxygen atoms in total. The van der Waals surface area contributed by atoms with Crippen LogP contribution in [-0.4, -0.2) is 69.0 Å². The molecule has 2 aliphatic rings. The first-order chi connectivity index (χ1) is 17.2. The number of halogens is 2. The molecule has 1 saturated heterocycles. The summed E-state index contributed by atoms with van der Waals surface area (Å²) in [5, 5.41) is 16.0. The zero-order chi connectivity index (χ0) is 27.2. The zero-order valence-corrected chi connectivity index (χ0v) is 22.8. The number of aryl methyl sites for hydroxylation is 1. The first-order valence-corrected chi connectivity index (χ1v) is 13.4. The van der Waals surface area contributed by atoms with E-state index in [4.69, 9.17) is 0 Å². The molecule has 2 fully saturated rings. The van der Waals surface area contributed by atoms with Crippen molar-refractivity contribution in [1.82, 2.24) is 20.2 Å². The summed E-state index contributed by atoms with van der Waals surface area (Å²) in [7, 11) is 0. The third-order valence-electron chi connectivity index (χ3n) is 7.11. The number of amides is 2.